The van der Waals surface area contributed by atoms with E-state index in [0.29, 0.717) is 18.2 Å². The van der Waals surface area contributed by atoms with Crippen molar-refractivity contribution in [2.24, 2.45) is 5.73 Å². The topological polar surface area (TPSA) is 44.5 Å². The summed E-state index contributed by atoms with van der Waals surface area (Å²) in [5.74, 6) is 0.820. The molecule has 0 amide bonds. The number of hydrogen-bond acceptors (Lipinski definition) is 3. The van der Waals surface area contributed by atoms with Gasteiger partial charge in [-0.2, -0.15) is 0 Å². The Balaban J connectivity index is 2.03. The van der Waals surface area contributed by atoms with Gasteiger partial charge in [-0.25, -0.2) is 0 Å². The summed E-state index contributed by atoms with van der Waals surface area (Å²) in [4.78, 5) is 0.397. The summed E-state index contributed by atoms with van der Waals surface area (Å²) in [5.41, 5.74) is 8.60. The molecule has 0 aromatic heterocycles. The molecular formula is C16H17NO2S. The van der Waals surface area contributed by atoms with Gasteiger partial charge in [-0.3, -0.25) is 0 Å². The molecule has 0 bridgehead atoms. The Morgan fingerprint density at radius 3 is 2.45 bits per heavy atom. The van der Waals surface area contributed by atoms with E-state index < -0.39 is 0 Å². The second-order valence-corrected chi connectivity index (χ2v) is 4.87. The van der Waals surface area contributed by atoms with Crippen LogP contribution in [0, 0.1) is 0 Å². The lowest BCUT2D eigenvalue weighted by molar-refractivity contribution is 0.184. The number of rotatable bonds is 6. The predicted octanol–water partition coefficient (Wildman–Crippen LogP) is 3.05. The monoisotopic (exact) mass is 287 g/mol. The van der Waals surface area contributed by atoms with Crippen LogP contribution >= 0.6 is 12.2 Å². The van der Waals surface area contributed by atoms with Gasteiger partial charge in [-0.1, -0.05) is 42.5 Å². The molecule has 20 heavy (non-hydrogen) atoms. The first-order valence-electron chi connectivity index (χ1n) is 6.28. The van der Waals surface area contributed by atoms with E-state index >= 15 is 0 Å². The minimum Gasteiger partial charge on any atom is -0.489 e. The molecule has 0 fully saturated rings. The first kappa shape index (κ1) is 14.5. The Kier molecular flexibility index (Phi) is 5.09. The van der Waals surface area contributed by atoms with Gasteiger partial charge in [-0.15, -0.1) is 0 Å². The van der Waals surface area contributed by atoms with Crippen LogP contribution in [-0.4, -0.2) is 12.1 Å². The van der Waals surface area contributed by atoms with E-state index in [9.17, 15) is 0 Å². The van der Waals surface area contributed by atoms with E-state index in [1.807, 2.05) is 48.5 Å². The molecule has 0 radical (unpaired) electrons. The average molecular weight is 287 g/mol. The Morgan fingerprint density at radius 1 is 1.05 bits per heavy atom. The lowest BCUT2D eigenvalue weighted by Crippen LogP contribution is -2.09. The fraction of sp³-hybridized carbons (Fsp3) is 0.188. The van der Waals surface area contributed by atoms with E-state index in [-0.39, 0.29) is 0 Å². The summed E-state index contributed by atoms with van der Waals surface area (Å²) in [6.07, 6.45) is 0. The third-order valence-corrected chi connectivity index (χ3v) is 3.06. The van der Waals surface area contributed by atoms with Crippen LogP contribution in [0.4, 0.5) is 0 Å². The minimum atomic E-state index is 0.397. The number of methoxy groups -OCH3 is 1. The first-order chi connectivity index (χ1) is 9.69. The van der Waals surface area contributed by atoms with E-state index in [1.165, 1.54) is 0 Å². The van der Waals surface area contributed by atoms with Crippen molar-refractivity contribution in [3.8, 4) is 5.75 Å². The van der Waals surface area contributed by atoms with Crippen molar-refractivity contribution in [1.82, 2.24) is 0 Å². The third kappa shape index (κ3) is 4.05. The largest absolute Gasteiger partial charge is 0.489 e. The van der Waals surface area contributed by atoms with Gasteiger partial charge in [0.15, 0.2) is 0 Å². The highest BCUT2D eigenvalue weighted by Crippen LogP contribution is 2.16. The van der Waals surface area contributed by atoms with Crippen molar-refractivity contribution in [2.45, 2.75) is 13.2 Å². The van der Waals surface area contributed by atoms with Crippen LogP contribution in [0.1, 0.15) is 16.7 Å². The zero-order valence-electron chi connectivity index (χ0n) is 11.3. The van der Waals surface area contributed by atoms with E-state index in [2.05, 4.69) is 0 Å². The number of ether oxygens (including phenoxy) is 2. The molecule has 2 rings (SSSR count). The number of benzene rings is 2. The molecule has 2 N–H and O–H groups in total. The van der Waals surface area contributed by atoms with Crippen molar-refractivity contribution in [2.75, 3.05) is 7.11 Å². The molecule has 0 aliphatic heterocycles. The van der Waals surface area contributed by atoms with Crippen molar-refractivity contribution >= 4 is 17.2 Å². The molecule has 0 aliphatic rings. The summed E-state index contributed by atoms with van der Waals surface area (Å²) >= 11 is 4.97. The van der Waals surface area contributed by atoms with Crippen LogP contribution in [0.25, 0.3) is 0 Å². The van der Waals surface area contributed by atoms with Crippen molar-refractivity contribution in [3.63, 3.8) is 0 Å². The number of hydrogen-bond donors (Lipinski definition) is 1. The number of thiocarbonyl (C=S) groups is 1. The molecular weight excluding hydrogens is 270 g/mol. The fourth-order valence-corrected chi connectivity index (χ4v) is 2.00. The molecule has 2 aromatic rings. The highest BCUT2D eigenvalue weighted by Gasteiger charge is 2.01. The van der Waals surface area contributed by atoms with Crippen LogP contribution < -0.4 is 10.5 Å². The molecule has 0 heterocycles. The summed E-state index contributed by atoms with van der Waals surface area (Å²) in [5, 5.41) is 0. The highest BCUT2D eigenvalue weighted by molar-refractivity contribution is 7.80. The Labute approximate surface area is 124 Å². The van der Waals surface area contributed by atoms with Crippen LogP contribution in [0.5, 0.6) is 5.75 Å². The fourth-order valence-electron chi connectivity index (χ4n) is 1.87. The SMILES string of the molecule is COCc1cccc(OCc2cccc(C(N)=S)c2)c1. The van der Waals surface area contributed by atoms with Gasteiger partial charge in [0.1, 0.15) is 17.3 Å². The molecule has 3 nitrogen and oxygen atoms in total. The van der Waals surface area contributed by atoms with Gasteiger partial charge >= 0.3 is 0 Å². The standard InChI is InChI=1S/C16H17NO2S/c1-18-10-13-5-3-7-15(9-13)19-11-12-4-2-6-14(8-12)16(17)20/h2-9H,10-11H2,1H3,(H2,17,20). The van der Waals surface area contributed by atoms with Gasteiger partial charge in [0, 0.05) is 12.7 Å². The maximum absolute atomic E-state index is 5.77. The smallest absolute Gasteiger partial charge is 0.120 e. The van der Waals surface area contributed by atoms with E-state index in [4.69, 9.17) is 27.4 Å². The number of nitrogens with two attached hydrogens (primary N) is 1. The Morgan fingerprint density at radius 2 is 1.75 bits per heavy atom. The maximum Gasteiger partial charge on any atom is 0.120 e. The van der Waals surface area contributed by atoms with Gasteiger partial charge in [-0.05, 0) is 29.3 Å². The molecule has 2 aromatic carbocycles. The van der Waals surface area contributed by atoms with E-state index in [1.54, 1.807) is 7.11 Å². The Hall–Kier alpha value is -1.91. The molecule has 0 atom stereocenters. The zero-order valence-corrected chi connectivity index (χ0v) is 12.2. The predicted molar refractivity (Wildman–Crippen MR) is 83.8 cm³/mol. The quantitative estimate of drug-likeness (QED) is 0.829. The second-order valence-electron chi connectivity index (χ2n) is 4.43. The van der Waals surface area contributed by atoms with Crippen molar-refractivity contribution < 1.29 is 9.47 Å². The van der Waals surface area contributed by atoms with Crippen LogP contribution in [-0.2, 0) is 18.0 Å². The summed E-state index contributed by atoms with van der Waals surface area (Å²) < 4.78 is 10.9. The maximum atomic E-state index is 5.77. The van der Waals surface area contributed by atoms with Crippen LogP contribution in [0.2, 0.25) is 0 Å². The second kappa shape index (κ2) is 7.03. The highest BCUT2D eigenvalue weighted by atomic mass is 32.1. The molecule has 4 heteroatoms. The summed E-state index contributed by atoms with van der Waals surface area (Å²) in [7, 11) is 1.68. The average Bonchev–Trinajstić information content (AvgIpc) is 2.46. The lowest BCUT2D eigenvalue weighted by Gasteiger charge is -2.09. The normalized spacial score (nSPS) is 10.2. The van der Waals surface area contributed by atoms with Gasteiger partial charge < -0.3 is 15.2 Å². The molecule has 0 saturated carbocycles. The molecule has 0 unspecified atom stereocenters. The van der Waals surface area contributed by atoms with Gasteiger partial charge in [0.05, 0.1) is 6.61 Å². The van der Waals surface area contributed by atoms with Crippen molar-refractivity contribution in [3.05, 3.63) is 65.2 Å². The zero-order chi connectivity index (χ0) is 14.4. The molecule has 0 aliphatic carbocycles. The first-order valence-corrected chi connectivity index (χ1v) is 6.69. The van der Waals surface area contributed by atoms with Gasteiger partial charge in [0.25, 0.3) is 0 Å². The van der Waals surface area contributed by atoms with Gasteiger partial charge in [0.2, 0.25) is 0 Å². The lowest BCUT2D eigenvalue weighted by atomic mass is 10.1. The third-order valence-electron chi connectivity index (χ3n) is 2.83. The van der Waals surface area contributed by atoms with Crippen LogP contribution in [0.15, 0.2) is 48.5 Å². The Bertz CT molecular complexity index is 599. The summed E-state index contributed by atoms with van der Waals surface area (Å²) in [6, 6.07) is 15.6. The van der Waals surface area contributed by atoms with Crippen LogP contribution in [0.3, 0.4) is 0 Å². The van der Waals surface area contributed by atoms with E-state index in [0.717, 1.165) is 22.4 Å². The minimum absolute atomic E-state index is 0.397. The van der Waals surface area contributed by atoms with Crippen molar-refractivity contribution in [1.29, 1.82) is 0 Å². The summed E-state index contributed by atoms with van der Waals surface area (Å²) in [6.45, 7) is 1.06. The molecule has 0 saturated heterocycles. The molecule has 104 valence electrons. The molecule has 0 spiro atoms.